The molecule has 1 rings (SSSR count). The number of methoxy groups -OCH3 is 2. The van der Waals surface area contributed by atoms with Crippen LogP contribution in [0.2, 0.25) is 0 Å². The first kappa shape index (κ1) is 15.8. The molecule has 0 unspecified atom stereocenters. The minimum absolute atomic E-state index is 0.117. The molecule has 6 heteroatoms. The SMILES string of the molecule is COC(=O)C(C)(C)COc1ccc(C(N)=O)cc1OC. The number of rotatable bonds is 6. The Kier molecular flexibility index (Phi) is 4.96. The molecule has 0 fully saturated rings. The number of amides is 1. The van der Waals surface area contributed by atoms with Crippen molar-refractivity contribution in [2.45, 2.75) is 13.8 Å². The van der Waals surface area contributed by atoms with Gasteiger partial charge < -0.3 is 19.9 Å². The topological polar surface area (TPSA) is 87.9 Å². The summed E-state index contributed by atoms with van der Waals surface area (Å²) in [6.07, 6.45) is 0. The second-order valence-electron chi connectivity index (χ2n) is 4.89. The molecule has 0 bridgehead atoms. The summed E-state index contributed by atoms with van der Waals surface area (Å²) in [5, 5.41) is 0. The van der Waals surface area contributed by atoms with Gasteiger partial charge in [-0.05, 0) is 32.0 Å². The van der Waals surface area contributed by atoms with Crippen LogP contribution in [-0.4, -0.2) is 32.7 Å². The van der Waals surface area contributed by atoms with E-state index in [2.05, 4.69) is 0 Å². The molecule has 1 aromatic rings. The molecular weight excluding hydrogens is 262 g/mol. The molecule has 0 atom stereocenters. The van der Waals surface area contributed by atoms with Gasteiger partial charge in [0.1, 0.15) is 6.61 Å². The summed E-state index contributed by atoms with van der Waals surface area (Å²) in [7, 11) is 2.78. The van der Waals surface area contributed by atoms with Crippen molar-refractivity contribution >= 4 is 11.9 Å². The van der Waals surface area contributed by atoms with Crippen LogP contribution in [0.1, 0.15) is 24.2 Å². The van der Waals surface area contributed by atoms with Crippen molar-refractivity contribution in [3.05, 3.63) is 23.8 Å². The standard InChI is InChI=1S/C14H19NO5/c1-14(2,13(17)19-4)8-20-10-6-5-9(12(15)16)7-11(10)18-3/h5-7H,8H2,1-4H3,(H2,15,16). The highest BCUT2D eigenvalue weighted by Crippen LogP contribution is 2.30. The number of benzene rings is 1. The Morgan fingerprint density at radius 3 is 2.35 bits per heavy atom. The first-order valence-corrected chi connectivity index (χ1v) is 6.01. The first-order valence-electron chi connectivity index (χ1n) is 6.01. The molecule has 0 radical (unpaired) electrons. The molecule has 0 saturated heterocycles. The third kappa shape index (κ3) is 3.63. The zero-order valence-corrected chi connectivity index (χ0v) is 12.1. The maximum Gasteiger partial charge on any atom is 0.314 e. The van der Waals surface area contributed by atoms with Crippen LogP contribution >= 0.6 is 0 Å². The monoisotopic (exact) mass is 281 g/mol. The van der Waals surface area contributed by atoms with Crippen LogP contribution in [-0.2, 0) is 9.53 Å². The van der Waals surface area contributed by atoms with Gasteiger partial charge in [0, 0.05) is 5.56 Å². The molecule has 1 aromatic carbocycles. The fraction of sp³-hybridized carbons (Fsp3) is 0.429. The Hall–Kier alpha value is -2.24. The van der Waals surface area contributed by atoms with Crippen molar-refractivity contribution < 1.29 is 23.8 Å². The predicted octanol–water partition coefficient (Wildman–Crippen LogP) is 1.37. The molecule has 110 valence electrons. The van der Waals surface area contributed by atoms with E-state index in [0.717, 1.165) is 0 Å². The first-order chi connectivity index (χ1) is 9.31. The van der Waals surface area contributed by atoms with Crippen molar-refractivity contribution in [3.8, 4) is 11.5 Å². The van der Waals surface area contributed by atoms with Crippen LogP contribution in [0.3, 0.4) is 0 Å². The van der Waals surface area contributed by atoms with Crippen molar-refractivity contribution in [1.29, 1.82) is 0 Å². The molecule has 0 aliphatic carbocycles. The van der Waals surface area contributed by atoms with E-state index >= 15 is 0 Å². The molecule has 0 aromatic heterocycles. The Balaban J connectivity index is 2.88. The fourth-order valence-corrected chi connectivity index (χ4v) is 1.53. The van der Waals surface area contributed by atoms with Crippen molar-refractivity contribution in [2.75, 3.05) is 20.8 Å². The molecule has 0 saturated carbocycles. The van der Waals surface area contributed by atoms with Crippen LogP contribution in [0.15, 0.2) is 18.2 Å². The molecule has 1 amide bonds. The summed E-state index contributed by atoms with van der Waals surface area (Å²) in [6.45, 7) is 3.54. The Morgan fingerprint density at radius 1 is 1.20 bits per heavy atom. The summed E-state index contributed by atoms with van der Waals surface area (Å²) in [6, 6.07) is 4.60. The average Bonchev–Trinajstić information content (AvgIpc) is 2.43. The summed E-state index contributed by atoms with van der Waals surface area (Å²) in [5.41, 5.74) is 4.72. The van der Waals surface area contributed by atoms with Crippen molar-refractivity contribution in [1.82, 2.24) is 0 Å². The van der Waals surface area contributed by atoms with Gasteiger partial charge in [0.15, 0.2) is 11.5 Å². The van der Waals surface area contributed by atoms with E-state index in [-0.39, 0.29) is 12.6 Å². The van der Waals surface area contributed by atoms with Gasteiger partial charge in [0.05, 0.1) is 19.6 Å². The zero-order valence-electron chi connectivity index (χ0n) is 12.1. The van der Waals surface area contributed by atoms with Crippen LogP contribution in [0.5, 0.6) is 11.5 Å². The van der Waals surface area contributed by atoms with Crippen LogP contribution in [0, 0.1) is 5.41 Å². The van der Waals surface area contributed by atoms with Gasteiger partial charge in [-0.1, -0.05) is 0 Å². The molecular formula is C14H19NO5. The second kappa shape index (κ2) is 6.27. The lowest BCUT2D eigenvalue weighted by Crippen LogP contribution is -2.32. The predicted molar refractivity (Wildman–Crippen MR) is 72.8 cm³/mol. The molecule has 0 spiro atoms. The Morgan fingerprint density at radius 2 is 1.85 bits per heavy atom. The third-order valence-electron chi connectivity index (χ3n) is 2.77. The summed E-state index contributed by atoms with van der Waals surface area (Å²) in [4.78, 5) is 22.6. The van der Waals surface area contributed by atoms with Gasteiger partial charge >= 0.3 is 5.97 Å². The number of hydrogen-bond acceptors (Lipinski definition) is 5. The van der Waals surface area contributed by atoms with Crippen molar-refractivity contribution in [3.63, 3.8) is 0 Å². The van der Waals surface area contributed by atoms with Crippen LogP contribution in [0.4, 0.5) is 0 Å². The molecule has 2 N–H and O–H groups in total. The quantitative estimate of drug-likeness (QED) is 0.796. The normalized spacial score (nSPS) is 10.8. The second-order valence-corrected chi connectivity index (χ2v) is 4.89. The van der Waals surface area contributed by atoms with E-state index in [1.807, 2.05) is 0 Å². The smallest absolute Gasteiger partial charge is 0.314 e. The summed E-state index contributed by atoms with van der Waals surface area (Å²) < 4.78 is 15.4. The largest absolute Gasteiger partial charge is 0.493 e. The zero-order chi connectivity index (χ0) is 15.3. The van der Waals surface area contributed by atoms with E-state index in [1.54, 1.807) is 19.9 Å². The van der Waals surface area contributed by atoms with Gasteiger partial charge in [-0.15, -0.1) is 0 Å². The maximum atomic E-state index is 11.6. The number of carbonyl (C=O) groups excluding carboxylic acids is 2. The molecule has 0 aliphatic rings. The van der Waals surface area contributed by atoms with E-state index in [4.69, 9.17) is 19.9 Å². The molecule has 20 heavy (non-hydrogen) atoms. The van der Waals surface area contributed by atoms with Crippen LogP contribution in [0.25, 0.3) is 0 Å². The van der Waals surface area contributed by atoms with Gasteiger partial charge in [0.25, 0.3) is 0 Å². The lowest BCUT2D eigenvalue weighted by molar-refractivity contribution is -0.152. The lowest BCUT2D eigenvalue weighted by Gasteiger charge is -2.22. The number of carbonyl (C=O) groups is 2. The minimum atomic E-state index is -0.790. The minimum Gasteiger partial charge on any atom is -0.493 e. The lowest BCUT2D eigenvalue weighted by atomic mass is 9.95. The van der Waals surface area contributed by atoms with Gasteiger partial charge in [0.2, 0.25) is 5.91 Å². The molecule has 6 nitrogen and oxygen atoms in total. The van der Waals surface area contributed by atoms with Gasteiger partial charge in [-0.25, -0.2) is 0 Å². The number of ether oxygens (including phenoxy) is 3. The highest BCUT2D eigenvalue weighted by molar-refractivity contribution is 5.93. The number of primary amides is 1. The Labute approximate surface area is 117 Å². The van der Waals surface area contributed by atoms with E-state index in [9.17, 15) is 9.59 Å². The molecule has 0 heterocycles. The summed E-state index contributed by atoms with van der Waals surface area (Å²) >= 11 is 0. The Bertz CT molecular complexity index is 510. The van der Waals surface area contributed by atoms with Gasteiger partial charge in [-0.3, -0.25) is 9.59 Å². The highest BCUT2D eigenvalue weighted by atomic mass is 16.5. The van der Waals surface area contributed by atoms with E-state index in [1.165, 1.54) is 26.4 Å². The number of hydrogen-bond donors (Lipinski definition) is 1. The van der Waals surface area contributed by atoms with E-state index < -0.39 is 11.3 Å². The number of esters is 1. The highest BCUT2D eigenvalue weighted by Gasteiger charge is 2.30. The third-order valence-corrected chi connectivity index (χ3v) is 2.77. The average molecular weight is 281 g/mol. The summed E-state index contributed by atoms with van der Waals surface area (Å²) in [5.74, 6) is -0.119. The fourth-order valence-electron chi connectivity index (χ4n) is 1.53. The van der Waals surface area contributed by atoms with Gasteiger partial charge in [-0.2, -0.15) is 0 Å². The number of nitrogens with two attached hydrogens (primary N) is 1. The molecule has 0 aliphatic heterocycles. The van der Waals surface area contributed by atoms with Crippen molar-refractivity contribution in [2.24, 2.45) is 11.1 Å². The van der Waals surface area contributed by atoms with E-state index in [0.29, 0.717) is 17.1 Å². The van der Waals surface area contributed by atoms with Crippen LogP contribution < -0.4 is 15.2 Å². The maximum absolute atomic E-state index is 11.6.